The van der Waals surface area contributed by atoms with Gasteiger partial charge in [0.1, 0.15) is 0 Å². The predicted molar refractivity (Wildman–Crippen MR) is 80.5 cm³/mol. The van der Waals surface area contributed by atoms with E-state index < -0.39 is 0 Å². The van der Waals surface area contributed by atoms with Crippen LogP contribution in [0.1, 0.15) is 12.0 Å². The number of benzene rings is 1. The van der Waals surface area contributed by atoms with Crippen LogP contribution in [-0.4, -0.2) is 39.1 Å². The van der Waals surface area contributed by atoms with Crippen molar-refractivity contribution in [3.63, 3.8) is 0 Å². The SMILES string of the molecule is CN(C)CCCN(C)c1ccc(CBr)cc1Cl. The van der Waals surface area contributed by atoms with Crippen molar-refractivity contribution in [1.29, 1.82) is 0 Å². The van der Waals surface area contributed by atoms with Gasteiger partial charge in [-0.1, -0.05) is 33.6 Å². The van der Waals surface area contributed by atoms with Gasteiger partial charge in [0, 0.05) is 18.9 Å². The van der Waals surface area contributed by atoms with E-state index in [4.69, 9.17) is 11.6 Å². The minimum atomic E-state index is 0.828. The first-order valence-corrected chi connectivity index (χ1v) is 7.24. The molecule has 0 unspecified atom stereocenters. The Kier molecular flexibility index (Phi) is 6.31. The van der Waals surface area contributed by atoms with E-state index in [2.05, 4.69) is 59.0 Å². The molecule has 0 aliphatic carbocycles. The molecule has 0 amide bonds. The van der Waals surface area contributed by atoms with Crippen molar-refractivity contribution >= 4 is 33.2 Å². The lowest BCUT2D eigenvalue weighted by molar-refractivity contribution is 0.401. The summed E-state index contributed by atoms with van der Waals surface area (Å²) in [6.07, 6.45) is 1.14. The topological polar surface area (TPSA) is 6.48 Å². The van der Waals surface area contributed by atoms with Crippen molar-refractivity contribution in [2.24, 2.45) is 0 Å². The Bertz CT molecular complexity index is 355. The maximum atomic E-state index is 6.27. The molecule has 0 N–H and O–H groups in total. The Morgan fingerprint density at radius 2 is 1.88 bits per heavy atom. The average Bonchev–Trinajstić information content (AvgIpc) is 2.28. The first-order chi connectivity index (χ1) is 8.04. The molecule has 0 aliphatic heterocycles. The van der Waals surface area contributed by atoms with Gasteiger partial charge in [-0.3, -0.25) is 0 Å². The Labute approximate surface area is 118 Å². The van der Waals surface area contributed by atoms with Gasteiger partial charge >= 0.3 is 0 Å². The average molecular weight is 320 g/mol. The fraction of sp³-hybridized carbons (Fsp3) is 0.538. The lowest BCUT2D eigenvalue weighted by Gasteiger charge is -2.22. The Morgan fingerprint density at radius 3 is 2.41 bits per heavy atom. The number of anilines is 1. The van der Waals surface area contributed by atoms with Crippen LogP contribution >= 0.6 is 27.5 Å². The highest BCUT2D eigenvalue weighted by Gasteiger charge is 2.06. The molecule has 0 aliphatic rings. The van der Waals surface area contributed by atoms with Crippen LogP contribution in [0.2, 0.25) is 5.02 Å². The van der Waals surface area contributed by atoms with E-state index in [0.717, 1.165) is 35.6 Å². The van der Waals surface area contributed by atoms with Crippen LogP contribution in [0.5, 0.6) is 0 Å². The molecule has 0 radical (unpaired) electrons. The summed E-state index contributed by atoms with van der Waals surface area (Å²) < 4.78 is 0. The number of alkyl halides is 1. The van der Waals surface area contributed by atoms with E-state index in [0.29, 0.717) is 0 Å². The van der Waals surface area contributed by atoms with Crippen LogP contribution in [-0.2, 0) is 5.33 Å². The number of hydrogen-bond donors (Lipinski definition) is 0. The molecule has 0 aromatic heterocycles. The van der Waals surface area contributed by atoms with Crippen molar-refractivity contribution in [3.05, 3.63) is 28.8 Å². The molecule has 0 atom stereocenters. The van der Waals surface area contributed by atoms with Gasteiger partial charge in [-0.15, -0.1) is 0 Å². The van der Waals surface area contributed by atoms with Gasteiger partial charge in [-0.2, -0.15) is 0 Å². The number of nitrogens with zero attached hydrogens (tertiary/aromatic N) is 2. The normalized spacial score (nSPS) is 10.9. The molecule has 0 saturated heterocycles. The van der Waals surface area contributed by atoms with Crippen LogP contribution in [0.4, 0.5) is 5.69 Å². The molecule has 96 valence electrons. The summed E-state index contributed by atoms with van der Waals surface area (Å²) >= 11 is 9.70. The molecule has 0 saturated carbocycles. The van der Waals surface area contributed by atoms with E-state index in [1.165, 1.54) is 5.56 Å². The fourth-order valence-electron chi connectivity index (χ4n) is 1.69. The number of halogens is 2. The largest absolute Gasteiger partial charge is 0.373 e. The van der Waals surface area contributed by atoms with Gasteiger partial charge in [-0.05, 0) is 44.8 Å². The van der Waals surface area contributed by atoms with Crippen LogP contribution in [0, 0.1) is 0 Å². The molecular weight excluding hydrogens is 300 g/mol. The third-order valence-corrected chi connectivity index (χ3v) is 3.63. The maximum absolute atomic E-state index is 6.27. The second-order valence-electron chi connectivity index (χ2n) is 4.50. The summed E-state index contributed by atoms with van der Waals surface area (Å²) in [5.41, 5.74) is 2.32. The number of hydrogen-bond acceptors (Lipinski definition) is 2. The molecule has 1 aromatic rings. The monoisotopic (exact) mass is 318 g/mol. The summed E-state index contributed by atoms with van der Waals surface area (Å²) in [6, 6.07) is 6.22. The number of rotatable bonds is 6. The first-order valence-electron chi connectivity index (χ1n) is 5.75. The van der Waals surface area contributed by atoms with Crippen LogP contribution < -0.4 is 4.90 Å². The molecule has 0 spiro atoms. The smallest absolute Gasteiger partial charge is 0.0642 e. The molecule has 2 nitrogen and oxygen atoms in total. The van der Waals surface area contributed by atoms with E-state index in [1.807, 2.05) is 6.07 Å². The third kappa shape index (κ3) is 4.86. The van der Waals surface area contributed by atoms with Gasteiger partial charge in [0.2, 0.25) is 0 Å². The highest BCUT2D eigenvalue weighted by molar-refractivity contribution is 9.08. The van der Waals surface area contributed by atoms with Gasteiger partial charge in [0.25, 0.3) is 0 Å². The van der Waals surface area contributed by atoms with Crippen LogP contribution in [0.3, 0.4) is 0 Å². The summed E-state index contributed by atoms with van der Waals surface area (Å²) in [4.78, 5) is 4.41. The zero-order valence-electron chi connectivity index (χ0n) is 10.7. The molecule has 17 heavy (non-hydrogen) atoms. The Morgan fingerprint density at radius 1 is 1.18 bits per heavy atom. The van der Waals surface area contributed by atoms with Crippen molar-refractivity contribution in [1.82, 2.24) is 4.90 Å². The van der Waals surface area contributed by atoms with Crippen LogP contribution in [0.15, 0.2) is 18.2 Å². The zero-order valence-corrected chi connectivity index (χ0v) is 13.1. The van der Waals surface area contributed by atoms with Crippen molar-refractivity contribution in [3.8, 4) is 0 Å². The molecular formula is C13H20BrClN2. The second kappa shape index (κ2) is 7.24. The lowest BCUT2D eigenvalue weighted by Crippen LogP contribution is -2.23. The van der Waals surface area contributed by atoms with E-state index in [-0.39, 0.29) is 0 Å². The van der Waals surface area contributed by atoms with Crippen molar-refractivity contribution in [2.45, 2.75) is 11.8 Å². The fourth-order valence-corrected chi connectivity index (χ4v) is 2.38. The minimum absolute atomic E-state index is 0.828. The summed E-state index contributed by atoms with van der Waals surface area (Å²) in [5, 5.41) is 1.67. The second-order valence-corrected chi connectivity index (χ2v) is 5.47. The van der Waals surface area contributed by atoms with Gasteiger partial charge in [0.15, 0.2) is 0 Å². The zero-order chi connectivity index (χ0) is 12.8. The summed E-state index contributed by atoms with van der Waals surface area (Å²) in [7, 11) is 6.28. The molecule has 0 fully saturated rings. The van der Waals surface area contributed by atoms with Gasteiger partial charge in [-0.25, -0.2) is 0 Å². The van der Waals surface area contributed by atoms with E-state index in [9.17, 15) is 0 Å². The highest BCUT2D eigenvalue weighted by Crippen LogP contribution is 2.26. The molecule has 0 heterocycles. The lowest BCUT2D eigenvalue weighted by atomic mass is 10.2. The van der Waals surface area contributed by atoms with Crippen molar-refractivity contribution < 1.29 is 0 Å². The summed E-state index contributed by atoms with van der Waals surface area (Å²) in [6.45, 7) is 2.12. The van der Waals surface area contributed by atoms with Crippen molar-refractivity contribution in [2.75, 3.05) is 39.1 Å². The Hall–Kier alpha value is -0.250. The van der Waals surface area contributed by atoms with Gasteiger partial charge in [0.05, 0.1) is 10.7 Å². The third-order valence-electron chi connectivity index (χ3n) is 2.68. The standard InChI is InChI=1S/C13H20BrClN2/c1-16(2)7-4-8-17(3)13-6-5-11(10-14)9-12(13)15/h5-6,9H,4,7-8,10H2,1-3H3. The van der Waals surface area contributed by atoms with Gasteiger partial charge < -0.3 is 9.80 Å². The predicted octanol–water partition coefficient (Wildman–Crippen LogP) is 3.62. The summed E-state index contributed by atoms with van der Waals surface area (Å²) in [5.74, 6) is 0. The van der Waals surface area contributed by atoms with E-state index in [1.54, 1.807) is 0 Å². The Balaban J connectivity index is 2.59. The van der Waals surface area contributed by atoms with Crippen LogP contribution in [0.25, 0.3) is 0 Å². The molecule has 1 rings (SSSR count). The molecule has 0 bridgehead atoms. The quantitative estimate of drug-likeness (QED) is 0.739. The highest BCUT2D eigenvalue weighted by atomic mass is 79.9. The first kappa shape index (κ1) is 14.8. The molecule has 4 heteroatoms. The minimum Gasteiger partial charge on any atom is -0.373 e. The van der Waals surface area contributed by atoms with E-state index >= 15 is 0 Å². The molecule has 1 aromatic carbocycles. The maximum Gasteiger partial charge on any atom is 0.0642 e.